The van der Waals surface area contributed by atoms with Crippen molar-refractivity contribution in [1.29, 1.82) is 0 Å². The summed E-state index contributed by atoms with van der Waals surface area (Å²) < 4.78 is 0. The van der Waals surface area contributed by atoms with Crippen molar-refractivity contribution in [2.75, 3.05) is 24.5 Å². The number of benzene rings is 1. The molecule has 2 N–H and O–H groups in total. The highest BCUT2D eigenvalue weighted by molar-refractivity contribution is 5.97. The Labute approximate surface area is 171 Å². The molecular formula is C22H29N3O4. The number of carbonyl (C=O) groups excluding carboxylic acids is 2. The molecule has 7 heteroatoms. The Morgan fingerprint density at radius 1 is 1.17 bits per heavy atom. The summed E-state index contributed by atoms with van der Waals surface area (Å²) in [6.45, 7) is 1.33. The Morgan fingerprint density at radius 3 is 2.66 bits per heavy atom. The number of carboxylic acids is 1. The van der Waals surface area contributed by atoms with Gasteiger partial charge in [0.05, 0.1) is 6.54 Å². The van der Waals surface area contributed by atoms with Gasteiger partial charge in [-0.25, -0.2) is 0 Å². The van der Waals surface area contributed by atoms with E-state index < -0.39 is 5.97 Å². The molecule has 3 aliphatic rings. The molecule has 2 saturated carbocycles. The molecule has 0 radical (unpaired) electrons. The lowest BCUT2D eigenvalue weighted by atomic mass is 9.85. The monoisotopic (exact) mass is 399 g/mol. The first kappa shape index (κ1) is 19.9. The Kier molecular flexibility index (Phi) is 5.85. The smallest absolute Gasteiger partial charge is 0.317 e. The van der Waals surface area contributed by atoms with Crippen LogP contribution in [0.3, 0.4) is 0 Å². The zero-order chi connectivity index (χ0) is 20.4. The maximum Gasteiger partial charge on any atom is 0.317 e. The molecule has 1 aromatic rings. The average molecular weight is 399 g/mol. The Morgan fingerprint density at radius 2 is 1.93 bits per heavy atom. The minimum Gasteiger partial charge on any atom is -0.480 e. The minimum absolute atomic E-state index is 0.0451. The summed E-state index contributed by atoms with van der Waals surface area (Å²) in [7, 11) is 0. The summed E-state index contributed by atoms with van der Waals surface area (Å²) in [5.41, 5.74) is 2.08. The summed E-state index contributed by atoms with van der Waals surface area (Å²) in [4.78, 5) is 39.6. The van der Waals surface area contributed by atoms with Crippen molar-refractivity contribution < 1.29 is 19.5 Å². The van der Waals surface area contributed by atoms with Gasteiger partial charge in [0.25, 0.3) is 0 Å². The van der Waals surface area contributed by atoms with Crippen molar-refractivity contribution in [1.82, 2.24) is 10.2 Å². The third-order valence-corrected chi connectivity index (χ3v) is 6.28. The molecule has 4 rings (SSSR count). The average Bonchev–Trinajstić information content (AvgIpc) is 3.46. The molecule has 156 valence electrons. The lowest BCUT2D eigenvalue weighted by Crippen LogP contribution is -2.55. The van der Waals surface area contributed by atoms with Gasteiger partial charge in [0, 0.05) is 43.7 Å². The van der Waals surface area contributed by atoms with Crippen molar-refractivity contribution >= 4 is 23.5 Å². The predicted octanol–water partition coefficient (Wildman–Crippen LogP) is 1.80. The molecular weight excluding hydrogens is 370 g/mol. The summed E-state index contributed by atoms with van der Waals surface area (Å²) in [6.07, 6.45) is 5.53. The first-order valence-corrected chi connectivity index (χ1v) is 10.6. The third kappa shape index (κ3) is 4.96. The van der Waals surface area contributed by atoms with Crippen LogP contribution in [0.25, 0.3) is 0 Å². The highest BCUT2D eigenvalue weighted by Gasteiger charge is 2.37. The second kappa shape index (κ2) is 8.53. The molecule has 2 amide bonds. The van der Waals surface area contributed by atoms with E-state index >= 15 is 0 Å². The molecule has 0 atom stereocenters. The van der Waals surface area contributed by atoms with Crippen LogP contribution in [0.15, 0.2) is 24.3 Å². The molecule has 29 heavy (non-hydrogen) atoms. The van der Waals surface area contributed by atoms with Crippen LogP contribution in [0.5, 0.6) is 0 Å². The first-order chi connectivity index (χ1) is 14.0. The SMILES string of the molecule is O=C(O)CN(CC1CC1)C1CC(NC(=O)CCN2C(=O)CCc3ccccc32)C1. The Balaban J connectivity index is 1.23. The van der Waals surface area contributed by atoms with Crippen LogP contribution in [0, 0.1) is 5.92 Å². The Bertz CT molecular complexity index is 786. The fraction of sp³-hybridized carbons (Fsp3) is 0.591. The van der Waals surface area contributed by atoms with Crippen LogP contribution < -0.4 is 10.2 Å². The summed E-state index contributed by atoms with van der Waals surface area (Å²) in [6, 6.07) is 8.22. The van der Waals surface area contributed by atoms with Crippen LogP contribution in [-0.2, 0) is 20.8 Å². The van der Waals surface area contributed by atoms with Crippen molar-refractivity contribution in [3.63, 3.8) is 0 Å². The number of aryl methyl sites for hydroxylation is 1. The van der Waals surface area contributed by atoms with Crippen LogP contribution in [0.1, 0.15) is 44.1 Å². The zero-order valence-corrected chi connectivity index (χ0v) is 16.7. The fourth-order valence-corrected chi connectivity index (χ4v) is 4.41. The maximum absolute atomic E-state index is 12.4. The predicted molar refractivity (Wildman–Crippen MR) is 109 cm³/mol. The third-order valence-electron chi connectivity index (χ3n) is 6.28. The van der Waals surface area contributed by atoms with Gasteiger partial charge in [0.2, 0.25) is 11.8 Å². The van der Waals surface area contributed by atoms with E-state index in [2.05, 4.69) is 10.2 Å². The number of aliphatic carboxylic acids is 1. The van der Waals surface area contributed by atoms with Gasteiger partial charge in [-0.15, -0.1) is 0 Å². The van der Waals surface area contributed by atoms with Crippen LogP contribution >= 0.6 is 0 Å². The van der Waals surface area contributed by atoms with Gasteiger partial charge in [-0.05, 0) is 49.7 Å². The summed E-state index contributed by atoms with van der Waals surface area (Å²) >= 11 is 0. The number of rotatable bonds is 9. The van der Waals surface area contributed by atoms with Crippen molar-refractivity contribution in [3.8, 4) is 0 Å². The van der Waals surface area contributed by atoms with E-state index in [-0.39, 0.29) is 36.9 Å². The number of nitrogens with zero attached hydrogens (tertiary/aromatic N) is 2. The number of carbonyl (C=O) groups is 3. The van der Waals surface area contributed by atoms with E-state index in [9.17, 15) is 14.4 Å². The molecule has 1 aliphatic heterocycles. The second-order valence-corrected chi connectivity index (χ2v) is 8.58. The van der Waals surface area contributed by atoms with Crippen LogP contribution in [-0.4, -0.2) is 59.5 Å². The van der Waals surface area contributed by atoms with Crippen molar-refractivity contribution in [2.24, 2.45) is 5.92 Å². The largest absolute Gasteiger partial charge is 0.480 e. The molecule has 0 unspecified atom stereocenters. The molecule has 2 fully saturated rings. The maximum atomic E-state index is 12.4. The van der Waals surface area contributed by atoms with E-state index in [1.807, 2.05) is 24.3 Å². The molecule has 7 nitrogen and oxygen atoms in total. The molecule has 1 aromatic carbocycles. The highest BCUT2D eigenvalue weighted by Crippen LogP contribution is 2.34. The van der Waals surface area contributed by atoms with E-state index in [0.29, 0.717) is 18.9 Å². The topological polar surface area (TPSA) is 89.9 Å². The van der Waals surface area contributed by atoms with Gasteiger partial charge < -0.3 is 15.3 Å². The number of nitrogens with one attached hydrogen (secondary N) is 1. The van der Waals surface area contributed by atoms with Gasteiger partial charge in [0.1, 0.15) is 0 Å². The normalized spacial score (nSPS) is 23.5. The van der Waals surface area contributed by atoms with Gasteiger partial charge in [0.15, 0.2) is 0 Å². The molecule has 0 spiro atoms. The van der Waals surface area contributed by atoms with Gasteiger partial charge in [-0.3, -0.25) is 19.3 Å². The number of para-hydroxylation sites is 1. The number of amides is 2. The van der Waals surface area contributed by atoms with E-state index in [4.69, 9.17) is 5.11 Å². The lowest BCUT2D eigenvalue weighted by Gasteiger charge is -2.42. The van der Waals surface area contributed by atoms with Gasteiger partial charge in [-0.2, -0.15) is 0 Å². The number of anilines is 1. The van der Waals surface area contributed by atoms with E-state index in [1.54, 1.807) is 4.90 Å². The Hall–Kier alpha value is -2.41. The molecule has 1 heterocycles. The standard InChI is InChI=1S/C22H29N3O4/c26-20(9-10-25-19-4-2-1-3-16(19)7-8-21(25)27)23-17-11-18(12-17)24(14-22(28)29)13-15-5-6-15/h1-4,15,17-18H,5-14H2,(H,23,26)(H,28,29). The van der Waals surface area contributed by atoms with Crippen molar-refractivity contribution in [2.45, 2.75) is 57.0 Å². The number of hydrogen-bond donors (Lipinski definition) is 2. The van der Waals surface area contributed by atoms with Gasteiger partial charge in [-0.1, -0.05) is 18.2 Å². The molecule has 2 aliphatic carbocycles. The minimum atomic E-state index is -0.787. The zero-order valence-electron chi connectivity index (χ0n) is 16.7. The van der Waals surface area contributed by atoms with E-state index in [1.165, 1.54) is 12.8 Å². The first-order valence-electron chi connectivity index (χ1n) is 10.6. The number of hydrogen-bond acceptors (Lipinski definition) is 4. The van der Waals surface area contributed by atoms with Crippen LogP contribution in [0.2, 0.25) is 0 Å². The summed E-state index contributed by atoms with van der Waals surface area (Å²) in [5.74, 6) is -0.113. The number of carboxylic acid groups (broad SMARTS) is 1. The van der Waals surface area contributed by atoms with Gasteiger partial charge >= 0.3 is 5.97 Å². The highest BCUT2D eigenvalue weighted by atomic mass is 16.4. The fourth-order valence-electron chi connectivity index (χ4n) is 4.41. The molecule has 0 saturated heterocycles. The van der Waals surface area contributed by atoms with E-state index in [0.717, 1.165) is 37.1 Å². The second-order valence-electron chi connectivity index (χ2n) is 8.58. The quantitative estimate of drug-likeness (QED) is 0.661. The molecule has 0 aromatic heterocycles. The lowest BCUT2D eigenvalue weighted by molar-refractivity contribution is -0.140. The summed E-state index contributed by atoms with van der Waals surface area (Å²) in [5, 5.41) is 12.2. The van der Waals surface area contributed by atoms with Crippen LogP contribution in [0.4, 0.5) is 5.69 Å². The van der Waals surface area contributed by atoms with Crippen molar-refractivity contribution in [3.05, 3.63) is 29.8 Å². The number of fused-ring (bicyclic) bond motifs is 1. The molecule has 0 bridgehead atoms.